The summed E-state index contributed by atoms with van der Waals surface area (Å²) in [7, 11) is -4.64. The minimum Gasteiger partial charge on any atom is -0.370 e. The Bertz CT molecular complexity index is 303. The van der Waals surface area contributed by atoms with Crippen molar-refractivity contribution in [3.8, 4) is 0 Å². The second-order valence-electron chi connectivity index (χ2n) is 3.03. The van der Waals surface area contributed by atoms with E-state index >= 15 is 0 Å². The van der Waals surface area contributed by atoms with Crippen LogP contribution in [0.15, 0.2) is 12.2 Å². The highest BCUT2D eigenvalue weighted by Gasteiger charge is 2.00. The Hall–Kier alpha value is -1.21. The summed E-state index contributed by atoms with van der Waals surface area (Å²) in [6.07, 6.45) is 5.80. The van der Waals surface area contributed by atoms with E-state index in [1.807, 2.05) is 0 Å². The van der Waals surface area contributed by atoms with Gasteiger partial charge in [-0.3, -0.25) is 9.59 Å². The molecule has 0 atom stereocenters. The van der Waals surface area contributed by atoms with Gasteiger partial charge in [0.05, 0.1) is 0 Å². The van der Waals surface area contributed by atoms with Gasteiger partial charge in [0.15, 0.2) is 0 Å². The van der Waals surface area contributed by atoms with Crippen molar-refractivity contribution in [2.45, 2.75) is 25.7 Å². The van der Waals surface area contributed by atoms with E-state index in [4.69, 9.17) is 30.7 Å². The van der Waals surface area contributed by atoms with Gasteiger partial charge in [0, 0.05) is 6.42 Å². The van der Waals surface area contributed by atoms with Crippen LogP contribution < -0.4 is 11.5 Å². The first-order valence-electron chi connectivity index (χ1n) is 4.65. The first-order chi connectivity index (χ1) is 7.63. The Kier molecular flexibility index (Phi) is 10.7. The lowest BCUT2D eigenvalue weighted by Gasteiger charge is -1.92. The number of hydrogen-bond acceptors (Lipinski definition) is 3. The maximum Gasteiger partial charge on any atom is 0.466 e. The Morgan fingerprint density at radius 2 is 1.59 bits per heavy atom. The van der Waals surface area contributed by atoms with Crippen LogP contribution in [0, 0.1) is 0 Å². The summed E-state index contributed by atoms with van der Waals surface area (Å²) < 4.78 is 8.88. The van der Waals surface area contributed by atoms with Gasteiger partial charge in [0.2, 0.25) is 11.8 Å². The Balaban J connectivity index is 0. The summed E-state index contributed by atoms with van der Waals surface area (Å²) in [4.78, 5) is 42.0. The second-order valence-corrected chi connectivity index (χ2v) is 4.06. The average Bonchev–Trinajstić information content (AvgIpc) is 2.07. The van der Waals surface area contributed by atoms with Gasteiger partial charge in [-0.05, 0) is 25.3 Å². The summed E-state index contributed by atoms with van der Waals surface area (Å²) in [5.41, 5.74) is 9.78. The van der Waals surface area contributed by atoms with Crippen molar-refractivity contribution >= 4 is 19.6 Å². The molecule has 17 heavy (non-hydrogen) atoms. The van der Waals surface area contributed by atoms with Gasteiger partial charge in [0.25, 0.3) is 0 Å². The monoisotopic (exact) mass is 268 g/mol. The molecule has 0 aromatic rings. The number of allylic oxidation sites excluding steroid dienone is 1. The van der Waals surface area contributed by atoms with Crippen molar-refractivity contribution < 1.29 is 28.8 Å². The Morgan fingerprint density at radius 3 is 1.94 bits per heavy atom. The summed E-state index contributed by atoms with van der Waals surface area (Å²) in [5, 5.41) is 0. The molecule has 0 saturated heterocycles. The fourth-order valence-electron chi connectivity index (χ4n) is 0.761. The number of carbonyl (C=O) groups excluding carboxylic acids is 2. The van der Waals surface area contributed by atoms with Crippen LogP contribution in [0.4, 0.5) is 0 Å². The number of phosphoric acid groups is 1. The zero-order chi connectivity index (χ0) is 13.9. The van der Waals surface area contributed by atoms with Crippen LogP contribution >= 0.6 is 7.82 Å². The van der Waals surface area contributed by atoms with E-state index in [1.54, 1.807) is 6.08 Å². The molecule has 0 heterocycles. The molecule has 2 amide bonds. The Morgan fingerprint density at radius 1 is 1.12 bits per heavy atom. The summed E-state index contributed by atoms with van der Waals surface area (Å²) >= 11 is 0. The molecule has 0 rings (SSSR count). The summed E-state index contributed by atoms with van der Waals surface area (Å²) in [6, 6.07) is 0. The number of nitrogens with two attached hydrogens (primary N) is 2. The van der Waals surface area contributed by atoms with E-state index in [0.717, 1.165) is 19.3 Å². The third-order valence-electron chi connectivity index (χ3n) is 1.33. The molecule has 0 fully saturated rings. The molecule has 0 aromatic carbocycles. The van der Waals surface area contributed by atoms with Crippen molar-refractivity contribution in [2.24, 2.45) is 11.5 Å². The van der Waals surface area contributed by atoms with Gasteiger partial charge >= 0.3 is 7.82 Å². The fraction of sp³-hybridized carbons (Fsp3) is 0.500. The van der Waals surface area contributed by atoms with Crippen LogP contribution in [0.1, 0.15) is 25.7 Å². The van der Waals surface area contributed by atoms with Crippen LogP contribution in [-0.2, 0) is 14.2 Å². The molecule has 0 aliphatic rings. The Labute approximate surface area is 98.5 Å². The van der Waals surface area contributed by atoms with Crippen LogP contribution in [-0.4, -0.2) is 26.5 Å². The predicted octanol–water partition coefficient (Wildman–Crippen LogP) is -0.855. The van der Waals surface area contributed by atoms with Crippen LogP contribution in [0.2, 0.25) is 0 Å². The molecule has 0 bridgehead atoms. The second kappa shape index (κ2) is 9.98. The number of hydrogen-bond donors (Lipinski definition) is 5. The predicted molar refractivity (Wildman–Crippen MR) is 60.3 cm³/mol. The van der Waals surface area contributed by atoms with E-state index in [-0.39, 0.29) is 5.91 Å². The molecule has 0 unspecified atom stereocenters. The summed E-state index contributed by atoms with van der Waals surface area (Å²) in [5.74, 6) is -0.723. The van der Waals surface area contributed by atoms with Gasteiger partial charge in [-0.15, -0.1) is 0 Å². The number of unbranched alkanes of at least 4 members (excludes halogenated alkanes) is 2. The van der Waals surface area contributed by atoms with Crippen molar-refractivity contribution in [3.05, 3.63) is 12.2 Å². The quantitative estimate of drug-likeness (QED) is 0.239. The molecule has 7 N–H and O–H groups in total. The minimum atomic E-state index is -4.64. The van der Waals surface area contributed by atoms with Crippen molar-refractivity contribution in [3.63, 3.8) is 0 Å². The molecule has 100 valence electrons. The third kappa shape index (κ3) is 39.9. The first kappa shape index (κ1) is 18.2. The number of amides is 2. The van der Waals surface area contributed by atoms with Gasteiger partial charge in [-0.25, -0.2) is 4.57 Å². The van der Waals surface area contributed by atoms with E-state index in [1.165, 1.54) is 6.08 Å². The lowest BCUT2D eigenvalue weighted by molar-refractivity contribution is -0.118. The highest BCUT2D eigenvalue weighted by Crippen LogP contribution is 2.25. The largest absolute Gasteiger partial charge is 0.466 e. The number of primary amides is 2. The molecule has 0 radical (unpaired) electrons. The smallest absolute Gasteiger partial charge is 0.370 e. The normalized spacial score (nSPS) is 10.8. The van der Waals surface area contributed by atoms with Gasteiger partial charge < -0.3 is 26.1 Å². The SMILES string of the molecule is NC(=O)/C=C/CCCCC(N)=O.O=P(O)(O)O. The van der Waals surface area contributed by atoms with Crippen LogP contribution in [0.25, 0.3) is 0 Å². The highest BCUT2D eigenvalue weighted by molar-refractivity contribution is 7.45. The molecule has 0 aliphatic carbocycles. The molecule has 0 aromatic heterocycles. The van der Waals surface area contributed by atoms with Crippen molar-refractivity contribution in [1.29, 1.82) is 0 Å². The van der Waals surface area contributed by atoms with Gasteiger partial charge in [-0.1, -0.05) is 6.08 Å². The first-order valence-corrected chi connectivity index (χ1v) is 6.22. The maximum absolute atomic E-state index is 10.3. The lowest BCUT2D eigenvalue weighted by atomic mass is 10.2. The van der Waals surface area contributed by atoms with Gasteiger partial charge in [0.1, 0.15) is 0 Å². The topological polar surface area (TPSA) is 164 Å². The van der Waals surface area contributed by atoms with Crippen molar-refractivity contribution in [2.75, 3.05) is 0 Å². The van der Waals surface area contributed by atoms with Crippen LogP contribution in [0.3, 0.4) is 0 Å². The van der Waals surface area contributed by atoms with E-state index in [0.29, 0.717) is 6.42 Å². The molecule has 0 aliphatic heterocycles. The fourth-order valence-corrected chi connectivity index (χ4v) is 0.761. The third-order valence-corrected chi connectivity index (χ3v) is 1.33. The zero-order valence-electron chi connectivity index (χ0n) is 9.15. The number of carbonyl (C=O) groups is 2. The van der Waals surface area contributed by atoms with E-state index in [9.17, 15) is 9.59 Å². The van der Waals surface area contributed by atoms with Crippen molar-refractivity contribution in [1.82, 2.24) is 0 Å². The number of rotatable bonds is 6. The maximum atomic E-state index is 10.3. The van der Waals surface area contributed by atoms with Crippen LogP contribution in [0.5, 0.6) is 0 Å². The lowest BCUT2D eigenvalue weighted by Crippen LogP contribution is -2.09. The summed E-state index contributed by atoms with van der Waals surface area (Å²) in [6.45, 7) is 0. The van der Waals surface area contributed by atoms with E-state index in [2.05, 4.69) is 0 Å². The van der Waals surface area contributed by atoms with Gasteiger partial charge in [-0.2, -0.15) is 0 Å². The van der Waals surface area contributed by atoms with E-state index < -0.39 is 13.7 Å². The average molecular weight is 268 g/mol. The standard InChI is InChI=1S/C8H14N2O2.H3O4P/c9-7(11)5-3-1-2-4-6-8(10)12;1-5(2,3)4/h3,5H,1-2,4,6H2,(H2,9,11)(H2,10,12);(H3,1,2,3,4)/b5-3+;. The molecular weight excluding hydrogens is 251 g/mol. The molecule has 9 heteroatoms. The molecule has 8 nitrogen and oxygen atoms in total. The molecule has 0 saturated carbocycles. The highest BCUT2D eigenvalue weighted by atomic mass is 31.2. The zero-order valence-corrected chi connectivity index (χ0v) is 10.0. The minimum absolute atomic E-state index is 0.283. The molecular formula is C8H17N2O6P. The molecule has 0 spiro atoms.